The van der Waals surface area contributed by atoms with Crippen LogP contribution in [-0.2, 0) is 7.05 Å². The number of hydrogen-bond acceptors (Lipinski definition) is 4. The summed E-state index contributed by atoms with van der Waals surface area (Å²) in [5.41, 5.74) is 2.74. The monoisotopic (exact) mass is 252 g/mol. The topological polar surface area (TPSA) is 60.7 Å². The Morgan fingerprint density at radius 2 is 2.05 bits per heavy atom. The fourth-order valence-corrected chi connectivity index (χ4v) is 2.13. The molecule has 0 atom stereocenters. The van der Waals surface area contributed by atoms with Crippen molar-refractivity contribution in [1.82, 2.24) is 20.0 Å². The minimum atomic E-state index is -0.0887. The van der Waals surface area contributed by atoms with Crippen molar-refractivity contribution in [3.8, 4) is 0 Å². The zero-order valence-corrected chi connectivity index (χ0v) is 10.7. The van der Waals surface area contributed by atoms with Gasteiger partial charge in [0.05, 0.1) is 11.7 Å². The highest BCUT2D eigenvalue weighted by Crippen LogP contribution is 2.20. The van der Waals surface area contributed by atoms with Gasteiger partial charge in [0.2, 0.25) is 5.78 Å². The van der Waals surface area contributed by atoms with Crippen molar-refractivity contribution in [2.75, 3.05) is 0 Å². The molecule has 0 unspecified atom stereocenters. The van der Waals surface area contributed by atoms with E-state index in [2.05, 4.69) is 15.3 Å². The van der Waals surface area contributed by atoms with Crippen LogP contribution in [0.25, 0.3) is 10.9 Å². The van der Waals surface area contributed by atoms with E-state index in [9.17, 15) is 4.79 Å². The molecule has 0 aliphatic rings. The van der Waals surface area contributed by atoms with E-state index in [1.54, 1.807) is 13.1 Å². The lowest BCUT2D eigenvalue weighted by atomic mass is 10.0. The minimum absolute atomic E-state index is 0.0887. The van der Waals surface area contributed by atoms with Crippen LogP contribution in [-0.4, -0.2) is 25.8 Å². The Kier molecular flexibility index (Phi) is 2.59. The Labute approximate surface area is 109 Å². The second-order valence-corrected chi connectivity index (χ2v) is 4.40. The molecule has 0 spiro atoms. The molecule has 0 radical (unpaired) electrons. The Hall–Kier alpha value is -2.56. The van der Waals surface area contributed by atoms with E-state index in [4.69, 9.17) is 0 Å². The third kappa shape index (κ3) is 1.89. The van der Waals surface area contributed by atoms with Gasteiger partial charge in [-0.1, -0.05) is 23.4 Å². The van der Waals surface area contributed by atoms with E-state index in [0.29, 0.717) is 11.3 Å². The van der Waals surface area contributed by atoms with E-state index in [0.717, 1.165) is 16.6 Å². The maximum absolute atomic E-state index is 12.6. The summed E-state index contributed by atoms with van der Waals surface area (Å²) in [4.78, 5) is 17.0. The van der Waals surface area contributed by atoms with E-state index in [1.165, 1.54) is 10.9 Å². The number of pyridine rings is 1. The normalized spacial score (nSPS) is 10.8. The SMILES string of the molecule is Cc1cc(C(=O)c2cnnn2C)c2ccccc2n1. The summed E-state index contributed by atoms with van der Waals surface area (Å²) in [6, 6.07) is 9.42. The molecule has 0 saturated heterocycles. The quantitative estimate of drug-likeness (QED) is 0.653. The molecule has 0 saturated carbocycles. The van der Waals surface area contributed by atoms with Crippen molar-refractivity contribution in [2.24, 2.45) is 7.05 Å². The minimum Gasteiger partial charge on any atom is -0.287 e. The standard InChI is InChI=1S/C14H12N4O/c1-9-7-11(10-5-3-4-6-12(10)16-9)14(19)13-8-15-17-18(13)2/h3-8H,1-2H3. The van der Waals surface area contributed by atoms with E-state index in [-0.39, 0.29) is 5.78 Å². The lowest BCUT2D eigenvalue weighted by Crippen LogP contribution is -2.09. The van der Waals surface area contributed by atoms with E-state index >= 15 is 0 Å². The maximum Gasteiger partial charge on any atom is 0.213 e. The van der Waals surface area contributed by atoms with Gasteiger partial charge in [-0.25, -0.2) is 4.68 Å². The van der Waals surface area contributed by atoms with Gasteiger partial charge in [0, 0.05) is 23.7 Å². The molecule has 94 valence electrons. The van der Waals surface area contributed by atoms with Crippen LogP contribution in [0.15, 0.2) is 36.5 Å². The molecule has 0 amide bonds. The lowest BCUT2D eigenvalue weighted by Gasteiger charge is -2.06. The first-order valence-electron chi connectivity index (χ1n) is 5.92. The second kappa shape index (κ2) is 4.28. The summed E-state index contributed by atoms with van der Waals surface area (Å²) in [6.07, 6.45) is 1.48. The first-order chi connectivity index (χ1) is 9.16. The smallest absolute Gasteiger partial charge is 0.213 e. The number of nitrogens with zero attached hydrogens (tertiary/aromatic N) is 4. The van der Waals surface area contributed by atoms with Crippen molar-refractivity contribution >= 4 is 16.7 Å². The third-order valence-corrected chi connectivity index (χ3v) is 3.04. The number of rotatable bonds is 2. The number of aromatic nitrogens is 4. The van der Waals surface area contributed by atoms with Crippen LogP contribution in [0.1, 0.15) is 21.7 Å². The van der Waals surface area contributed by atoms with Crippen molar-refractivity contribution in [1.29, 1.82) is 0 Å². The molecule has 0 bridgehead atoms. The largest absolute Gasteiger partial charge is 0.287 e. The molecular weight excluding hydrogens is 240 g/mol. The van der Waals surface area contributed by atoms with E-state index < -0.39 is 0 Å². The first kappa shape index (κ1) is 11.5. The number of carbonyl (C=O) groups excluding carboxylic acids is 1. The molecule has 0 aliphatic heterocycles. The molecule has 1 aromatic carbocycles. The van der Waals surface area contributed by atoms with Gasteiger partial charge in [0.15, 0.2) is 0 Å². The van der Waals surface area contributed by atoms with Gasteiger partial charge in [0.1, 0.15) is 5.69 Å². The van der Waals surface area contributed by atoms with Crippen LogP contribution in [0.4, 0.5) is 0 Å². The average Bonchev–Trinajstić information content (AvgIpc) is 2.83. The van der Waals surface area contributed by atoms with Gasteiger partial charge in [-0.2, -0.15) is 0 Å². The predicted molar refractivity (Wildman–Crippen MR) is 70.9 cm³/mol. The zero-order chi connectivity index (χ0) is 13.4. The summed E-state index contributed by atoms with van der Waals surface area (Å²) in [5.74, 6) is -0.0887. The number of aryl methyl sites for hydroxylation is 2. The fourth-order valence-electron chi connectivity index (χ4n) is 2.13. The number of fused-ring (bicyclic) bond motifs is 1. The molecule has 5 nitrogen and oxygen atoms in total. The number of benzene rings is 1. The highest BCUT2D eigenvalue weighted by Gasteiger charge is 2.17. The fraction of sp³-hybridized carbons (Fsp3) is 0.143. The zero-order valence-electron chi connectivity index (χ0n) is 10.7. The van der Waals surface area contributed by atoms with Gasteiger partial charge in [-0.05, 0) is 19.1 Å². The summed E-state index contributed by atoms with van der Waals surface area (Å²) >= 11 is 0. The molecule has 0 fully saturated rings. The van der Waals surface area contributed by atoms with Gasteiger partial charge in [-0.3, -0.25) is 9.78 Å². The molecule has 3 aromatic rings. The molecule has 2 aromatic heterocycles. The average molecular weight is 252 g/mol. The van der Waals surface area contributed by atoms with Crippen LogP contribution >= 0.6 is 0 Å². The Morgan fingerprint density at radius 3 is 2.79 bits per heavy atom. The van der Waals surface area contributed by atoms with Gasteiger partial charge < -0.3 is 0 Å². The highest BCUT2D eigenvalue weighted by atomic mass is 16.1. The number of hydrogen-bond donors (Lipinski definition) is 0. The number of ketones is 1. The summed E-state index contributed by atoms with van der Waals surface area (Å²) in [6.45, 7) is 1.88. The molecule has 19 heavy (non-hydrogen) atoms. The van der Waals surface area contributed by atoms with Crippen LogP contribution in [0.2, 0.25) is 0 Å². The Balaban J connectivity index is 2.25. The van der Waals surface area contributed by atoms with Crippen molar-refractivity contribution < 1.29 is 4.79 Å². The Morgan fingerprint density at radius 1 is 1.26 bits per heavy atom. The lowest BCUT2D eigenvalue weighted by molar-refractivity contribution is 0.103. The predicted octanol–water partition coefficient (Wildman–Crippen LogP) is 1.90. The molecule has 3 rings (SSSR count). The highest BCUT2D eigenvalue weighted by molar-refractivity contribution is 6.15. The van der Waals surface area contributed by atoms with Crippen LogP contribution in [0.5, 0.6) is 0 Å². The van der Waals surface area contributed by atoms with Gasteiger partial charge in [-0.15, -0.1) is 5.10 Å². The second-order valence-electron chi connectivity index (χ2n) is 4.40. The third-order valence-electron chi connectivity index (χ3n) is 3.04. The van der Waals surface area contributed by atoms with Gasteiger partial charge >= 0.3 is 0 Å². The maximum atomic E-state index is 12.6. The molecule has 5 heteroatoms. The molecule has 0 aliphatic carbocycles. The van der Waals surface area contributed by atoms with Crippen LogP contribution in [0, 0.1) is 6.92 Å². The first-order valence-corrected chi connectivity index (χ1v) is 5.92. The van der Waals surface area contributed by atoms with E-state index in [1.807, 2.05) is 31.2 Å². The summed E-state index contributed by atoms with van der Waals surface area (Å²) in [5, 5.41) is 8.39. The molecular formula is C14H12N4O. The van der Waals surface area contributed by atoms with Crippen LogP contribution in [0.3, 0.4) is 0 Å². The van der Waals surface area contributed by atoms with Crippen molar-refractivity contribution in [3.05, 3.63) is 53.5 Å². The van der Waals surface area contributed by atoms with Crippen molar-refractivity contribution in [2.45, 2.75) is 6.92 Å². The molecule has 0 N–H and O–H groups in total. The van der Waals surface area contributed by atoms with Crippen molar-refractivity contribution in [3.63, 3.8) is 0 Å². The number of carbonyl (C=O) groups is 1. The van der Waals surface area contributed by atoms with Crippen LogP contribution < -0.4 is 0 Å². The summed E-state index contributed by atoms with van der Waals surface area (Å²) < 4.78 is 1.48. The molecule has 2 heterocycles. The summed E-state index contributed by atoms with van der Waals surface area (Å²) in [7, 11) is 1.70. The number of para-hydroxylation sites is 1. The Bertz CT molecular complexity index is 776. The van der Waals surface area contributed by atoms with Gasteiger partial charge in [0.25, 0.3) is 0 Å².